The summed E-state index contributed by atoms with van der Waals surface area (Å²) in [6, 6.07) is 9.26. The molecule has 0 aliphatic carbocycles. The first-order chi connectivity index (χ1) is 8.72. The molecule has 0 atom stereocenters. The molecule has 0 saturated carbocycles. The predicted molar refractivity (Wildman–Crippen MR) is 63.2 cm³/mol. The summed E-state index contributed by atoms with van der Waals surface area (Å²) in [5, 5.41) is 9.02. The van der Waals surface area contributed by atoms with E-state index in [1.54, 1.807) is 24.3 Å². The quantitative estimate of drug-likeness (QED) is 0.846. The molecule has 0 saturated heterocycles. The highest BCUT2D eigenvalue weighted by molar-refractivity contribution is 5.44. The minimum absolute atomic E-state index is 0.0884. The number of benzene rings is 1. The van der Waals surface area contributed by atoms with Crippen molar-refractivity contribution in [2.75, 3.05) is 7.11 Å². The summed E-state index contributed by atoms with van der Waals surface area (Å²) in [6.07, 6.45) is 0. The summed E-state index contributed by atoms with van der Waals surface area (Å²) in [7, 11) is 1.49. The number of methoxy groups -OCH3 is 1. The Bertz CT molecular complexity index is 546. The average Bonchev–Trinajstić information content (AvgIpc) is 2.39. The number of aliphatic hydroxyl groups is 1. The molecule has 0 radical (unpaired) electrons. The molecule has 0 bridgehead atoms. The highest BCUT2D eigenvalue weighted by atomic mass is 19.1. The Hall–Kier alpha value is -2.14. The second-order valence-corrected chi connectivity index (χ2v) is 3.54. The van der Waals surface area contributed by atoms with Gasteiger partial charge in [0, 0.05) is 6.07 Å². The van der Waals surface area contributed by atoms with Gasteiger partial charge in [0.1, 0.15) is 0 Å². The third-order valence-electron chi connectivity index (χ3n) is 2.31. The summed E-state index contributed by atoms with van der Waals surface area (Å²) in [5.41, 5.74) is 0.700. The Morgan fingerprint density at radius 1 is 1.22 bits per heavy atom. The smallest absolute Gasteiger partial charge is 0.222 e. The van der Waals surface area contributed by atoms with Gasteiger partial charge in [0.15, 0.2) is 11.5 Å². The maximum absolute atomic E-state index is 12.9. The van der Waals surface area contributed by atoms with Crippen LogP contribution in [0.15, 0.2) is 36.4 Å². The number of hydrogen-bond donors (Lipinski definition) is 1. The van der Waals surface area contributed by atoms with Gasteiger partial charge in [0.2, 0.25) is 11.8 Å². The lowest BCUT2D eigenvalue weighted by molar-refractivity contribution is 0.280. The molecule has 0 amide bonds. The average molecular weight is 249 g/mol. The zero-order valence-corrected chi connectivity index (χ0v) is 9.76. The van der Waals surface area contributed by atoms with Gasteiger partial charge in [-0.05, 0) is 23.8 Å². The molecule has 4 nitrogen and oxygen atoms in total. The van der Waals surface area contributed by atoms with Crippen LogP contribution in [-0.4, -0.2) is 17.2 Å². The van der Waals surface area contributed by atoms with E-state index in [0.717, 1.165) is 0 Å². The van der Waals surface area contributed by atoms with E-state index in [9.17, 15) is 4.39 Å². The number of nitrogens with zero attached hydrogens (tertiary/aromatic N) is 1. The third kappa shape index (κ3) is 2.75. The third-order valence-corrected chi connectivity index (χ3v) is 2.31. The summed E-state index contributed by atoms with van der Waals surface area (Å²) in [4.78, 5) is 3.59. The summed E-state index contributed by atoms with van der Waals surface area (Å²) < 4.78 is 23.5. The fourth-order valence-electron chi connectivity index (χ4n) is 1.45. The van der Waals surface area contributed by atoms with E-state index >= 15 is 0 Å². The number of halogens is 1. The van der Waals surface area contributed by atoms with E-state index in [1.807, 2.05) is 0 Å². The van der Waals surface area contributed by atoms with E-state index in [0.29, 0.717) is 17.1 Å². The molecule has 0 aliphatic rings. The normalized spacial score (nSPS) is 10.2. The summed E-state index contributed by atoms with van der Waals surface area (Å²) in [5.74, 6) is 0.393. The highest BCUT2D eigenvalue weighted by Crippen LogP contribution is 2.31. The van der Waals surface area contributed by atoms with E-state index < -0.39 is 5.95 Å². The topological polar surface area (TPSA) is 51.6 Å². The monoisotopic (exact) mass is 249 g/mol. The van der Waals surface area contributed by atoms with Crippen LogP contribution in [0.1, 0.15) is 5.56 Å². The van der Waals surface area contributed by atoms with E-state index in [-0.39, 0.29) is 12.5 Å². The molecule has 94 valence electrons. The molecule has 1 N–H and O–H groups in total. The first kappa shape index (κ1) is 12.3. The predicted octanol–water partition coefficient (Wildman–Crippen LogP) is 2.51. The van der Waals surface area contributed by atoms with Gasteiger partial charge >= 0.3 is 0 Å². The molecule has 2 rings (SSSR count). The minimum atomic E-state index is -0.613. The van der Waals surface area contributed by atoms with Crippen LogP contribution >= 0.6 is 0 Å². The van der Waals surface area contributed by atoms with Crippen LogP contribution < -0.4 is 9.47 Å². The van der Waals surface area contributed by atoms with Crippen molar-refractivity contribution >= 4 is 0 Å². The van der Waals surface area contributed by atoms with Crippen LogP contribution in [0.25, 0.3) is 0 Å². The van der Waals surface area contributed by atoms with Crippen molar-refractivity contribution in [2.45, 2.75) is 6.61 Å². The molecule has 1 heterocycles. The summed E-state index contributed by atoms with van der Waals surface area (Å²) in [6.45, 7) is -0.0884. The highest BCUT2D eigenvalue weighted by Gasteiger charge is 2.08. The van der Waals surface area contributed by atoms with E-state index in [2.05, 4.69) is 4.98 Å². The maximum Gasteiger partial charge on any atom is 0.222 e. The lowest BCUT2D eigenvalue weighted by atomic mass is 10.2. The number of hydrogen-bond acceptors (Lipinski definition) is 4. The van der Waals surface area contributed by atoms with Gasteiger partial charge in [0.25, 0.3) is 0 Å². The molecule has 1 aromatic heterocycles. The van der Waals surface area contributed by atoms with Crippen molar-refractivity contribution < 1.29 is 19.0 Å². The minimum Gasteiger partial charge on any atom is -0.493 e. The van der Waals surface area contributed by atoms with Crippen molar-refractivity contribution in [2.24, 2.45) is 0 Å². The molecule has 2 aromatic rings. The Morgan fingerprint density at radius 2 is 2.06 bits per heavy atom. The molecular weight excluding hydrogens is 237 g/mol. The zero-order valence-electron chi connectivity index (χ0n) is 9.76. The number of aromatic nitrogens is 1. The Kier molecular flexibility index (Phi) is 3.74. The zero-order chi connectivity index (χ0) is 13.0. The number of aliphatic hydroxyl groups excluding tert-OH is 1. The molecule has 0 spiro atoms. The Morgan fingerprint density at radius 3 is 2.72 bits per heavy atom. The lowest BCUT2D eigenvalue weighted by Gasteiger charge is -2.10. The van der Waals surface area contributed by atoms with Crippen molar-refractivity contribution in [3.8, 4) is 17.4 Å². The number of ether oxygens (including phenoxy) is 2. The fraction of sp³-hybridized carbons (Fsp3) is 0.154. The van der Waals surface area contributed by atoms with Crippen LogP contribution in [0.5, 0.6) is 17.4 Å². The molecule has 0 unspecified atom stereocenters. The Balaban J connectivity index is 2.28. The van der Waals surface area contributed by atoms with Crippen molar-refractivity contribution in [1.29, 1.82) is 0 Å². The second-order valence-electron chi connectivity index (χ2n) is 3.54. The van der Waals surface area contributed by atoms with Crippen LogP contribution in [0.2, 0.25) is 0 Å². The van der Waals surface area contributed by atoms with Gasteiger partial charge in [-0.15, -0.1) is 0 Å². The van der Waals surface area contributed by atoms with Gasteiger partial charge < -0.3 is 14.6 Å². The van der Waals surface area contributed by atoms with Crippen LogP contribution in [0, 0.1) is 5.95 Å². The molecule has 1 aromatic carbocycles. The molecule has 0 aliphatic heterocycles. The first-order valence-corrected chi connectivity index (χ1v) is 5.31. The van der Waals surface area contributed by atoms with Crippen LogP contribution in [0.3, 0.4) is 0 Å². The van der Waals surface area contributed by atoms with Crippen molar-refractivity contribution in [3.63, 3.8) is 0 Å². The molecular formula is C13H12FNO3. The number of rotatable bonds is 4. The van der Waals surface area contributed by atoms with Gasteiger partial charge in [-0.25, -0.2) is 0 Å². The molecule has 18 heavy (non-hydrogen) atoms. The van der Waals surface area contributed by atoms with Crippen LogP contribution in [0.4, 0.5) is 4.39 Å². The number of pyridine rings is 1. The second kappa shape index (κ2) is 5.46. The molecule has 0 fully saturated rings. The SMILES string of the molecule is COc1cc(CO)ccc1Oc1cccc(F)n1. The van der Waals surface area contributed by atoms with Gasteiger partial charge in [-0.3, -0.25) is 0 Å². The van der Waals surface area contributed by atoms with E-state index in [1.165, 1.54) is 19.2 Å². The van der Waals surface area contributed by atoms with Crippen LogP contribution in [-0.2, 0) is 6.61 Å². The lowest BCUT2D eigenvalue weighted by Crippen LogP contribution is -1.94. The Labute approximate surface area is 104 Å². The van der Waals surface area contributed by atoms with Crippen molar-refractivity contribution in [3.05, 3.63) is 47.9 Å². The van der Waals surface area contributed by atoms with Gasteiger partial charge in [0.05, 0.1) is 13.7 Å². The first-order valence-electron chi connectivity index (χ1n) is 5.31. The fourth-order valence-corrected chi connectivity index (χ4v) is 1.45. The van der Waals surface area contributed by atoms with Crippen molar-refractivity contribution in [1.82, 2.24) is 4.98 Å². The maximum atomic E-state index is 12.9. The van der Waals surface area contributed by atoms with Gasteiger partial charge in [-0.1, -0.05) is 12.1 Å². The standard InChI is InChI=1S/C13H12FNO3/c1-17-11-7-9(8-16)5-6-10(11)18-13-4-2-3-12(14)15-13/h2-7,16H,8H2,1H3. The van der Waals surface area contributed by atoms with Gasteiger partial charge in [-0.2, -0.15) is 9.37 Å². The van der Waals surface area contributed by atoms with E-state index in [4.69, 9.17) is 14.6 Å². The molecule has 5 heteroatoms. The largest absolute Gasteiger partial charge is 0.493 e. The summed E-state index contributed by atoms with van der Waals surface area (Å²) >= 11 is 0.